The first kappa shape index (κ1) is 17.7. The highest BCUT2D eigenvalue weighted by atomic mass is 16.2. The van der Waals surface area contributed by atoms with Gasteiger partial charge in [0.2, 0.25) is 0 Å². The Labute approximate surface area is 158 Å². The number of pyridine rings is 1. The van der Waals surface area contributed by atoms with Gasteiger partial charge in [0, 0.05) is 25.2 Å². The molecule has 5 heteroatoms. The normalized spacial score (nSPS) is 17.4. The van der Waals surface area contributed by atoms with Crippen molar-refractivity contribution in [3.63, 3.8) is 0 Å². The molecule has 2 fully saturated rings. The largest absolute Gasteiger partial charge is 0.355 e. The molecule has 0 spiro atoms. The van der Waals surface area contributed by atoms with E-state index < -0.39 is 5.91 Å². The fourth-order valence-corrected chi connectivity index (χ4v) is 3.68. The van der Waals surface area contributed by atoms with E-state index in [1.807, 2.05) is 30.3 Å². The smallest absolute Gasteiger partial charge is 0.264 e. The summed E-state index contributed by atoms with van der Waals surface area (Å²) in [5.74, 6) is 0.377. The zero-order valence-electron chi connectivity index (χ0n) is 15.5. The molecular weight excluding hydrogens is 340 g/mol. The summed E-state index contributed by atoms with van der Waals surface area (Å²) in [5.41, 5.74) is 1.21. The van der Waals surface area contributed by atoms with E-state index in [4.69, 9.17) is 0 Å². The van der Waals surface area contributed by atoms with E-state index in [9.17, 15) is 14.4 Å². The number of nitrogens with one attached hydrogen (secondary N) is 1. The molecule has 1 heterocycles. The number of benzene rings is 1. The van der Waals surface area contributed by atoms with Crippen molar-refractivity contribution in [2.75, 3.05) is 7.05 Å². The number of ketones is 1. The molecule has 2 aliphatic carbocycles. The fourth-order valence-electron chi connectivity index (χ4n) is 3.68. The number of hydrogen-bond donors (Lipinski definition) is 1. The third kappa shape index (κ3) is 3.72. The van der Waals surface area contributed by atoms with Gasteiger partial charge in [0.1, 0.15) is 5.56 Å². The van der Waals surface area contributed by atoms with E-state index >= 15 is 0 Å². The Balaban J connectivity index is 1.83. The van der Waals surface area contributed by atoms with Crippen molar-refractivity contribution in [2.24, 2.45) is 11.8 Å². The number of Topliss-reactive ketones (excluding diaryl/α,β-unsaturated/α-hetero) is 1. The molecule has 0 radical (unpaired) electrons. The summed E-state index contributed by atoms with van der Waals surface area (Å²) >= 11 is 0. The highest BCUT2D eigenvalue weighted by Crippen LogP contribution is 2.43. The zero-order valence-corrected chi connectivity index (χ0v) is 15.5. The summed E-state index contributed by atoms with van der Waals surface area (Å²) in [6, 6.07) is 11.2. The van der Waals surface area contributed by atoms with Crippen LogP contribution < -0.4 is 10.9 Å². The van der Waals surface area contributed by atoms with Gasteiger partial charge in [-0.05, 0) is 49.1 Å². The van der Waals surface area contributed by atoms with E-state index in [-0.39, 0.29) is 22.9 Å². The maximum absolute atomic E-state index is 13.1. The average molecular weight is 364 g/mol. The third-order valence-electron chi connectivity index (χ3n) is 5.52. The van der Waals surface area contributed by atoms with Gasteiger partial charge in [-0.25, -0.2) is 0 Å². The predicted molar refractivity (Wildman–Crippen MR) is 103 cm³/mol. The van der Waals surface area contributed by atoms with E-state index in [2.05, 4.69) is 5.32 Å². The van der Waals surface area contributed by atoms with E-state index in [0.717, 1.165) is 31.2 Å². The van der Waals surface area contributed by atoms with Crippen molar-refractivity contribution < 1.29 is 9.59 Å². The number of rotatable bonds is 7. The lowest BCUT2D eigenvalue weighted by Crippen LogP contribution is -2.35. The first-order valence-corrected chi connectivity index (χ1v) is 9.65. The molecule has 1 atom stereocenters. The molecule has 1 aromatic carbocycles. The van der Waals surface area contributed by atoms with Crippen molar-refractivity contribution in [1.82, 2.24) is 9.88 Å². The Bertz CT molecular complexity index is 924. The molecule has 0 bridgehead atoms. The molecule has 5 nitrogen and oxygen atoms in total. The van der Waals surface area contributed by atoms with Gasteiger partial charge in [-0.15, -0.1) is 0 Å². The summed E-state index contributed by atoms with van der Waals surface area (Å²) in [7, 11) is 1.50. The van der Waals surface area contributed by atoms with Crippen LogP contribution in [0.15, 0.2) is 47.4 Å². The molecule has 1 amide bonds. The zero-order chi connectivity index (χ0) is 19.0. The van der Waals surface area contributed by atoms with Crippen LogP contribution >= 0.6 is 0 Å². The number of carbonyl (C=O) groups excluding carboxylic acids is 2. The molecule has 2 saturated carbocycles. The van der Waals surface area contributed by atoms with Crippen molar-refractivity contribution in [3.05, 3.63) is 69.6 Å². The van der Waals surface area contributed by atoms with Crippen molar-refractivity contribution in [3.8, 4) is 0 Å². The predicted octanol–water partition coefficient (Wildman–Crippen LogP) is 3.19. The third-order valence-corrected chi connectivity index (χ3v) is 5.52. The van der Waals surface area contributed by atoms with Gasteiger partial charge in [-0.2, -0.15) is 0 Å². The average Bonchev–Trinajstić information content (AvgIpc) is 3.59. The second kappa shape index (κ2) is 7.14. The second-order valence-corrected chi connectivity index (χ2v) is 7.70. The number of amides is 1. The lowest BCUT2D eigenvalue weighted by Gasteiger charge is -2.22. The summed E-state index contributed by atoms with van der Waals surface area (Å²) in [4.78, 5) is 38.1. The van der Waals surface area contributed by atoms with Crippen LogP contribution in [0.1, 0.15) is 64.4 Å². The molecular formula is C22H24N2O3. The molecule has 27 heavy (non-hydrogen) atoms. The molecule has 0 aliphatic heterocycles. The number of hydrogen-bond acceptors (Lipinski definition) is 3. The highest BCUT2D eigenvalue weighted by Gasteiger charge is 2.35. The van der Waals surface area contributed by atoms with Gasteiger partial charge in [0.05, 0.1) is 6.04 Å². The molecule has 1 aromatic heterocycles. The standard InChI is InChI=1S/C22H24N2O3/c1-23-21(26)18-12-17(19(25)11-14-7-8-14)13-24(22(18)27)20(16-9-10-16)15-5-3-2-4-6-15/h2-6,12-14,16,20H,7-11H2,1H3,(H,23,26). The maximum Gasteiger partial charge on any atom is 0.264 e. The van der Waals surface area contributed by atoms with E-state index in [1.54, 1.807) is 10.8 Å². The van der Waals surface area contributed by atoms with Crippen LogP contribution in [0.4, 0.5) is 0 Å². The lowest BCUT2D eigenvalue weighted by molar-refractivity contribution is 0.0960. The molecule has 140 valence electrons. The minimum atomic E-state index is -0.447. The van der Waals surface area contributed by atoms with Gasteiger partial charge >= 0.3 is 0 Å². The second-order valence-electron chi connectivity index (χ2n) is 7.70. The van der Waals surface area contributed by atoms with Crippen molar-refractivity contribution in [1.29, 1.82) is 0 Å². The summed E-state index contributed by atoms with van der Waals surface area (Å²) in [5, 5.41) is 2.53. The van der Waals surface area contributed by atoms with Crippen LogP contribution in [0, 0.1) is 11.8 Å². The quantitative estimate of drug-likeness (QED) is 0.767. The minimum absolute atomic E-state index is 0.0130. The van der Waals surface area contributed by atoms with Gasteiger partial charge < -0.3 is 9.88 Å². The highest BCUT2D eigenvalue weighted by molar-refractivity contribution is 6.00. The Kier molecular flexibility index (Phi) is 4.68. The van der Waals surface area contributed by atoms with Crippen LogP contribution in [0.3, 0.4) is 0 Å². The fraction of sp³-hybridized carbons (Fsp3) is 0.409. The van der Waals surface area contributed by atoms with Crippen molar-refractivity contribution >= 4 is 11.7 Å². The molecule has 1 unspecified atom stereocenters. The van der Waals surface area contributed by atoms with Crippen LogP contribution in [0.2, 0.25) is 0 Å². The van der Waals surface area contributed by atoms with Crippen LogP contribution in [0.5, 0.6) is 0 Å². The summed E-state index contributed by atoms with van der Waals surface area (Å²) in [6.45, 7) is 0. The Hall–Kier alpha value is -2.69. The number of carbonyl (C=O) groups is 2. The number of nitrogens with zero attached hydrogens (tertiary/aromatic N) is 1. The Morgan fingerprint density at radius 2 is 1.85 bits per heavy atom. The number of aromatic nitrogens is 1. The molecule has 1 N–H and O–H groups in total. The van der Waals surface area contributed by atoms with Gasteiger partial charge in [0.15, 0.2) is 5.78 Å². The van der Waals surface area contributed by atoms with Gasteiger partial charge in [-0.3, -0.25) is 14.4 Å². The van der Waals surface area contributed by atoms with E-state index in [0.29, 0.717) is 23.8 Å². The van der Waals surface area contributed by atoms with Crippen LogP contribution in [-0.4, -0.2) is 23.3 Å². The van der Waals surface area contributed by atoms with Crippen molar-refractivity contribution in [2.45, 2.75) is 38.1 Å². The molecule has 2 aliphatic rings. The first-order chi connectivity index (χ1) is 13.1. The first-order valence-electron chi connectivity index (χ1n) is 9.65. The summed E-state index contributed by atoms with van der Waals surface area (Å²) < 4.78 is 1.62. The van der Waals surface area contributed by atoms with Gasteiger partial charge in [-0.1, -0.05) is 30.3 Å². The monoisotopic (exact) mass is 364 g/mol. The maximum atomic E-state index is 13.1. The minimum Gasteiger partial charge on any atom is -0.355 e. The molecule has 2 aromatic rings. The van der Waals surface area contributed by atoms with Gasteiger partial charge in [0.25, 0.3) is 11.5 Å². The van der Waals surface area contributed by atoms with Crippen LogP contribution in [-0.2, 0) is 0 Å². The van der Waals surface area contributed by atoms with Crippen LogP contribution in [0.25, 0.3) is 0 Å². The Morgan fingerprint density at radius 3 is 2.44 bits per heavy atom. The molecule has 4 rings (SSSR count). The summed E-state index contributed by atoms with van der Waals surface area (Å²) in [6.07, 6.45) is 6.42. The lowest BCUT2D eigenvalue weighted by atomic mass is 10.00. The van der Waals surface area contributed by atoms with E-state index in [1.165, 1.54) is 13.1 Å². The Morgan fingerprint density at radius 1 is 1.15 bits per heavy atom. The SMILES string of the molecule is CNC(=O)c1cc(C(=O)CC2CC2)cn(C(c2ccccc2)C2CC2)c1=O. The topological polar surface area (TPSA) is 68.2 Å². The molecule has 0 saturated heterocycles.